The van der Waals surface area contributed by atoms with Crippen molar-refractivity contribution in [2.24, 2.45) is 34.3 Å². The first-order chi connectivity index (χ1) is 29.8. The Morgan fingerprint density at radius 3 is 2.65 bits per heavy atom. The minimum absolute atomic E-state index is 0.00344. The normalized spacial score (nSPS) is 32.4. The van der Waals surface area contributed by atoms with Crippen LogP contribution in [0.4, 0.5) is 0 Å². The van der Waals surface area contributed by atoms with Crippen LogP contribution in [-0.2, 0) is 16.0 Å². The molecule has 0 aromatic heterocycles. The number of aliphatic hydroxyl groups excluding tert-OH is 3. The standard InChI is InChI=1S/C47H68N4O11/c1-27-22-46-14-4-5-32(46)8-10-35(30-12-15-50-42(48)20-30)47(46,23-43(56)57)41(51-27)25-60-40-19-31(18-39(59-3)44(40)58)45-34(13-16-52)37(55)21-33(62-45)9-6-29-7-11-36(54)38(17-29)61-26-49-24-28(2)53/h7,11-12,17-20,27-28,32-35,37,41,45,49-55,58H,4-6,8-10,13-16,21-26,48H2,1-3H3,(H,56,57)/t27-,28-,32-,33-,34-,35-,37-,41-,45+,46+,47+/m0/s1. The molecule has 4 fully saturated rings. The van der Waals surface area contributed by atoms with E-state index in [1.165, 1.54) is 7.11 Å². The van der Waals surface area contributed by atoms with Crippen molar-refractivity contribution in [2.75, 3.05) is 40.1 Å². The zero-order valence-electron chi connectivity index (χ0n) is 36.4. The largest absolute Gasteiger partial charge is 0.504 e. The summed E-state index contributed by atoms with van der Waals surface area (Å²) < 4.78 is 24.9. The summed E-state index contributed by atoms with van der Waals surface area (Å²) in [6, 6.07) is 8.27. The van der Waals surface area contributed by atoms with Crippen molar-refractivity contribution in [1.29, 1.82) is 0 Å². The number of carboxylic acids is 1. The molecule has 2 saturated heterocycles. The minimum atomic E-state index is -0.848. The average Bonchev–Trinajstić information content (AvgIpc) is 3.65. The fourth-order valence-corrected chi connectivity index (χ4v) is 12.2. The number of phenols is 2. The van der Waals surface area contributed by atoms with E-state index in [9.17, 15) is 35.4 Å². The van der Waals surface area contributed by atoms with Crippen molar-refractivity contribution in [3.63, 3.8) is 0 Å². The Hall–Kier alpha value is -4.25. The molecule has 2 aliphatic carbocycles. The summed E-state index contributed by atoms with van der Waals surface area (Å²) in [6.45, 7) is 4.79. The molecule has 15 heteroatoms. The van der Waals surface area contributed by atoms with Gasteiger partial charge in [0.2, 0.25) is 5.75 Å². The monoisotopic (exact) mass is 864 g/mol. The number of carbonyl (C=O) groups is 1. The maximum absolute atomic E-state index is 13.1. The fourth-order valence-electron chi connectivity index (χ4n) is 12.2. The summed E-state index contributed by atoms with van der Waals surface area (Å²) >= 11 is 0. The summed E-state index contributed by atoms with van der Waals surface area (Å²) in [5.74, 6) is -0.00944. The number of nitrogens with two attached hydrogens (primary N) is 1. The van der Waals surface area contributed by atoms with E-state index in [1.807, 2.05) is 12.1 Å². The second-order valence-corrected chi connectivity index (χ2v) is 18.5. The Morgan fingerprint density at radius 2 is 1.90 bits per heavy atom. The smallest absolute Gasteiger partial charge is 0.304 e. The van der Waals surface area contributed by atoms with Crippen molar-refractivity contribution in [1.82, 2.24) is 16.0 Å². The van der Waals surface area contributed by atoms with Gasteiger partial charge in [0, 0.05) is 43.1 Å². The minimum Gasteiger partial charge on any atom is -0.504 e. The van der Waals surface area contributed by atoms with Crippen molar-refractivity contribution >= 4 is 5.97 Å². The van der Waals surface area contributed by atoms with Crippen LogP contribution < -0.4 is 35.9 Å². The Labute approximate surface area is 364 Å². The highest BCUT2D eigenvalue weighted by molar-refractivity contribution is 5.69. The van der Waals surface area contributed by atoms with Gasteiger partial charge in [-0.3, -0.25) is 10.1 Å². The van der Waals surface area contributed by atoms with Gasteiger partial charge in [-0.25, -0.2) is 0 Å². The highest BCUT2D eigenvalue weighted by Gasteiger charge is 2.68. The van der Waals surface area contributed by atoms with Gasteiger partial charge in [0.25, 0.3) is 0 Å². The first-order valence-electron chi connectivity index (χ1n) is 22.5. The predicted molar refractivity (Wildman–Crippen MR) is 232 cm³/mol. The second kappa shape index (κ2) is 19.6. The average molecular weight is 865 g/mol. The summed E-state index contributed by atoms with van der Waals surface area (Å²) in [7, 11) is 1.46. The van der Waals surface area contributed by atoms with Crippen LogP contribution >= 0.6 is 0 Å². The quantitative estimate of drug-likeness (QED) is 0.0741. The van der Waals surface area contributed by atoms with Crippen molar-refractivity contribution < 1.29 is 54.4 Å². The van der Waals surface area contributed by atoms with Crippen molar-refractivity contribution in [2.45, 2.75) is 121 Å². The number of piperidine rings is 1. The number of benzene rings is 2. The number of ether oxygens (including phenoxy) is 4. The van der Waals surface area contributed by atoms with Gasteiger partial charge >= 0.3 is 5.97 Å². The molecule has 342 valence electrons. The molecular weight excluding hydrogens is 797 g/mol. The topological polar surface area (TPSA) is 237 Å². The molecule has 7 rings (SSSR count). The van der Waals surface area contributed by atoms with Gasteiger partial charge < -0.3 is 66.0 Å². The number of aromatic hydroxyl groups is 2. The summed E-state index contributed by atoms with van der Waals surface area (Å²) in [5.41, 5.74) is 7.97. The number of carboxylic acid groups (broad SMARTS) is 1. The molecule has 62 heavy (non-hydrogen) atoms. The first-order valence-corrected chi connectivity index (χ1v) is 22.5. The van der Waals surface area contributed by atoms with Gasteiger partial charge in [0.05, 0.1) is 43.8 Å². The molecular formula is C47H68N4O11. The van der Waals surface area contributed by atoms with Gasteiger partial charge in [0.15, 0.2) is 23.0 Å². The maximum atomic E-state index is 13.1. The van der Waals surface area contributed by atoms with Gasteiger partial charge in [-0.2, -0.15) is 0 Å². The number of methoxy groups -OCH3 is 1. The van der Waals surface area contributed by atoms with Crippen LogP contribution in [0.15, 0.2) is 53.9 Å². The highest BCUT2D eigenvalue weighted by atomic mass is 16.5. The van der Waals surface area contributed by atoms with Gasteiger partial charge in [0.1, 0.15) is 13.3 Å². The van der Waals surface area contributed by atoms with Gasteiger partial charge in [-0.1, -0.05) is 18.6 Å². The number of aliphatic carboxylic acids is 1. The Bertz CT molecular complexity index is 1940. The second-order valence-electron chi connectivity index (χ2n) is 18.5. The molecule has 15 nitrogen and oxygen atoms in total. The van der Waals surface area contributed by atoms with Gasteiger partial charge in [-0.15, -0.1) is 0 Å². The van der Waals surface area contributed by atoms with Crippen LogP contribution in [0.3, 0.4) is 0 Å². The third-order valence-corrected chi connectivity index (χ3v) is 14.7. The molecule has 0 amide bonds. The third-order valence-electron chi connectivity index (χ3n) is 14.7. The van der Waals surface area contributed by atoms with Crippen LogP contribution in [0.2, 0.25) is 0 Å². The van der Waals surface area contributed by atoms with Gasteiger partial charge in [-0.05, 0) is 136 Å². The molecule has 3 heterocycles. The molecule has 0 bridgehead atoms. The summed E-state index contributed by atoms with van der Waals surface area (Å²) in [4.78, 5) is 13.1. The Balaban J connectivity index is 1.16. The van der Waals surface area contributed by atoms with E-state index in [0.717, 1.165) is 49.7 Å². The molecule has 2 aromatic carbocycles. The molecule has 11 N–H and O–H groups in total. The van der Waals surface area contributed by atoms with Crippen molar-refractivity contribution in [3.8, 4) is 28.7 Å². The summed E-state index contributed by atoms with van der Waals surface area (Å²) in [6.07, 6.45) is 9.21. The zero-order valence-corrected chi connectivity index (χ0v) is 36.4. The fraction of sp³-hybridized carbons (Fsp3) is 0.638. The van der Waals surface area contributed by atoms with Crippen LogP contribution in [0, 0.1) is 28.6 Å². The van der Waals surface area contributed by atoms with Crippen LogP contribution in [0.25, 0.3) is 0 Å². The molecule has 1 spiro atoms. The highest BCUT2D eigenvalue weighted by Crippen LogP contribution is 2.70. The van der Waals surface area contributed by atoms with E-state index in [1.54, 1.807) is 31.2 Å². The zero-order chi connectivity index (χ0) is 44.2. The van der Waals surface area contributed by atoms with Crippen molar-refractivity contribution in [3.05, 3.63) is 65.0 Å². The Morgan fingerprint density at radius 1 is 1.10 bits per heavy atom. The number of aliphatic hydroxyl groups is 3. The third kappa shape index (κ3) is 9.34. The van der Waals surface area contributed by atoms with E-state index in [-0.39, 0.29) is 79.3 Å². The van der Waals surface area contributed by atoms with Crippen LogP contribution in [-0.4, -0.2) is 107 Å². The molecule has 11 atom stereocenters. The van der Waals surface area contributed by atoms with E-state index in [4.69, 9.17) is 24.7 Å². The number of allylic oxidation sites excluding steroid dienone is 2. The van der Waals surface area contributed by atoms with E-state index in [0.29, 0.717) is 55.4 Å². The number of rotatable bonds is 18. The Kier molecular flexibility index (Phi) is 14.5. The van der Waals surface area contributed by atoms with E-state index < -0.39 is 41.7 Å². The van der Waals surface area contributed by atoms with E-state index in [2.05, 4.69) is 29.0 Å². The molecule has 2 aromatic rings. The maximum Gasteiger partial charge on any atom is 0.304 e. The SMILES string of the molecule is COc1cc([C@H]2O[C@@H](CCc3ccc(O)c(OCNC[C@H](C)O)c3)C[C@H](O)[C@@H]2CCO)cc(OC[C@@H]2N[C@@H](C)C[C@]34CCC[C@H]3CC[C@@H](C3=CCNC(N)=C3)[C@]24CC(=O)O)c1O. The molecule has 5 aliphatic rings. The van der Waals surface area contributed by atoms with E-state index >= 15 is 0 Å². The molecule has 0 unspecified atom stereocenters. The molecule has 2 saturated carbocycles. The predicted octanol–water partition coefficient (Wildman–Crippen LogP) is 4.35. The summed E-state index contributed by atoms with van der Waals surface area (Å²) in [5, 5.41) is 74.0. The molecule has 3 aliphatic heterocycles. The number of phenolic OH excluding ortho intramolecular Hbond substituents is 2. The lowest BCUT2D eigenvalue weighted by Crippen LogP contribution is -2.70. The number of nitrogens with one attached hydrogen (secondary N) is 3. The number of hydrogen-bond acceptors (Lipinski definition) is 14. The number of hydrogen-bond donors (Lipinski definition) is 10. The van der Waals surface area contributed by atoms with Crippen LogP contribution in [0.5, 0.6) is 28.7 Å². The number of dihydropyridines is 1. The lowest BCUT2D eigenvalue weighted by atomic mass is 9.41. The lowest BCUT2D eigenvalue weighted by molar-refractivity contribution is -0.172. The number of aryl methyl sites for hydroxylation is 1. The molecule has 0 radical (unpaired) electrons. The lowest BCUT2D eigenvalue weighted by Gasteiger charge is -2.66. The van der Waals surface area contributed by atoms with Crippen LogP contribution in [0.1, 0.15) is 95.3 Å². The first kappa shape index (κ1) is 45.8.